The van der Waals surface area contributed by atoms with Crippen molar-refractivity contribution >= 4 is 15.9 Å². The van der Waals surface area contributed by atoms with Crippen molar-refractivity contribution in [2.45, 2.75) is 37.6 Å². The molecule has 0 unspecified atom stereocenters. The molecule has 0 aliphatic heterocycles. The molecule has 0 radical (unpaired) electrons. The molecule has 18 heavy (non-hydrogen) atoms. The largest absolute Gasteiger partial charge is 0.388 e. The first-order valence-electron chi connectivity index (χ1n) is 5.82. The van der Waals surface area contributed by atoms with Crippen molar-refractivity contribution < 1.29 is 8.42 Å². The number of aromatic amines is 1. The standard InChI is InChI=1S/C10H19N5O2S/c1-2-9-13-7-10(15-9)18(16,17)14-6-4-3-5-8(11)12/h7,14H,2-6H2,1H3,(H3,11,12)(H,13,15). The number of aryl methyl sites for hydroxylation is 1. The van der Waals surface area contributed by atoms with E-state index in [-0.39, 0.29) is 10.9 Å². The number of nitrogens with two attached hydrogens (primary N) is 1. The smallest absolute Gasteiger partial charge is 0.257 e. The molecule has 0 aliphatic carbocycles. The van der Waals surface area contributed by atoms with E-state index < -0.39 is 10.0 Å². The highest BCUT2D eigenvalue weighted by molar-refractivity contribution is 7.89. The third-order valence-electron chi connectivity index (χ3n) is 2.39. The van der Waals surface area contributed by atoms with E-state index in [1.165, 1.54) is 6.20 Å². The summed E-state index contributed by atoms with van der Waals surface area (Å²) in [5, 5.41) is 7.13. The first-order chi connectivity index (χ1) is 8.45. The number of aromatic nitrogens is 2. The summed E-state index contributed by atoms with van der Waals surface area (Å²) in [5.41, 5.74) is 5.20. The average molecular weight is 273 g/mol. The third kappa shape index (κ3) is 4.46. The van der Waals surface area contributed by atoms with Crippen molar-refractivity contribution in [3.05, 3.63) is 12.0 Å². The Morgan fingerprint density at radius 1 is 1.56 bits per heavy atom. The molecule has 0 atom stereocenters. The zero-order chi connectivity index (χ0) is 13.6. The first-order valence-corrected chi connectivity index (χ1v) is 7.30. The summed E-state index contributed by atoms with van der Waals surface area (Å²) in [6.45, 7) is 2.22. The Kier molecular flexibility index (Phi) is 5.29. The quantitative estimate of drug-likeness (QED) is 0.310. The van der Waals surface area contributed by atoms with Crippen LogP contribution < -0.4 is 10.5 Å². The second kappa shape index (κ2) is 6.50. The van der Waals surface area contributed by atoms with E-state index in [9.17, 15) is 8.42 Å². The van der Waals surface area contributed by atoms with Crippen LogP contribution >= 0.6 is 0 Å². The van der Waals surface area contributed by atoms with Crippen molar-refractivity contribution in [1.82, 2.24) is 14.7 Å². The summed E-state index contributed by atoms with van der Waals surface area (Å²) in [5.74, 6) is 0.769. The maximum atomic E-state index is 11.8. The lowest BCUT2D eigenvalue weighted by Gasteiger charge is -2.04. The second-order valence-corrected chi connectivity index (χ2v) is 5.66. The van der Waals surface area contributed by atoms with Gasteiger partial charge in [-0.15, -0.1) is 0 Å². The lowest BCUT2D eigenvalue weighted by molar-refractivity contribution is 0.574. The van der Waals surface area contributed by atoms with E-state index in [0.29, 0.717) is 38.1 Å². The minimum Gasteiger partial charge on any atom is -0.388 e. The van der Waals surface area contributed by atoms with Crippen molar-refractivity contribution in [2.24, 2.45) is 5.73 Å². The molecular weight excluding hydrogens is 254 g/mol. The molecule has 0 amide bonds. The molecule has 1 heterocycles. The van der Waals surface area contributed by atoms with Crippen LogP contribution in [-0.2, 0) is 16.4 Å². The number of unbranched alkanes of at least 4 members (excludes halogenated alkanes) is 1. The molecular formula is C10H19N5O2S. The molecule has 0 aliphatic rings. The second-order valence-electron chi connectivity index (χ2n) is 3.93. The predicted octanol–water partition coefficient (Wildman–Crippen LogP) is 0.357. The highest BCUT2D eigenvalue weighted by atomic mass is 32.2. The van der Waals surface area contributed by atoms with Crippen LogP contribution in [-0.4, -0.2) is 30.8 Å². The van der Waals surface area contributed by atoms with Gasteiger partial charge in [0.15, 0.2) is 5.03 Å². The molecule has 0 fully saturated rings. The monoisotopic (exact) mass is 273 g/mol. The third-order valence-corrected chi connectivity index (χ3v) is 3.77. The molecule has 5 N–H and O–H groups in total. The molecule has 1 rings (SSSR count). The lowest BCUT2D eigenvalue weighted by Crippen LogP contribution is -2.25. The fourth-order valence-electron chi connectivity index (χ4n) is 1.38. The summed E-state index contributed by atoms with van der Waals surface area (Å²) in [6.07, 6.45) is 3.81. The molecule has 0 saturated carbocycles. The van der Waals surface area contributed by atoms with E-state index in [4.69, 9.17) is 11.1 Å². The van der Waals surface area contributed by atoms with Crippen LogP contribution in [0.1, 0.15) is 32.0 Å². The summed E-state index contributed by atoms with van der Waals surface area (Å²) >= 11 is 0. The number of nitrogens with one attached hydrogen (secondary N) is 3. The Hall–Kier alpha value is -1.41. The minimum atomic E-state index is -3.50. The van der Waals surface area contributed by atoms with Crippen molar-refractivity contribution in [3.63, 3.8) is 0 Å². The molecule has 0 aromatic carbocycles. The number of rotatable bonds is 8. The summed E-state index contributed by atoms with van der Waals surface area (Å²) in [6, 6.07) is 0. The Balaban J connectivity index is 2.42. The van der Waals surface area contributed by atoms with Crippen LogP contribution in [0.4, 0.5) is 0 Å². The normalized spacial score (nSPS) is 11.6. The van der Waals surface area contributed by atoms with Gasteiger partial charge in [0.25, 0.3) is 10.0 Å². The van der Waals surface area contributed by atoms with Gasteiger partial charge in [0.05, 0.1) is 12.0 Å². The zero-order valence-corrected chi connectivity index (χ0v) is 11.2. The SMILES string of the molecule is CCc1ncc(S(=O)(=O)NCCCCC(=N)N)[nH]1. The summed E-state index contributed by atoms with van der Waals surface area (Å²) < 4.78 is 26.1. The molecule has 0 bridgehead atoms. The number of hydrogen-bond acceptors (Lipinski definition) is 4. The van der Waals surface area contributed by atoms with E-state index in [1.807, 2.05) is 6.92 Å². The Bertz CT molecular complexity index is 494. The van der Waals surface area contributed by atoms with Gasteiger partial charge in [0.2, 0.25) is 0 Å². The van der Waals surface area contributed by atoms with Crippen molar-refractivity contribution in [3.8, 4) is 0 Å². The molecule has 8 heteroatoms. The highest BCUT2D eigenvalue weighted by Gasteiger charge is 2.15. The Labute approximate surface area is 107 Å². The molecule has 0 saturated heterocycles. The van der Waals surface area contributed by atoms with Crippen molar-refractivity contribution in [2.75, 3.05) is 6.54 Å². The van der Waals surface area contributed by atoms with Gasteiger partial charge in [-0.05, 0) is 12.8 Å². The molecule has 0 spiro atoms. The maximum Gasteiger partial charge on any atom is 0.257 e. The van der Waals surface area contributed by atoms with Crippen LogP contribution in [0.2, 0.25) is 0 Å². The number of sulfonamides is 1. The number of amidine groups is 1. The number of H-pyrrole nitrogens is 1. The Morgan fingerprint density at radius 2 is 2.28 bits per heavy atom. The number of nitrogens with zero attached hydrogens (tertiary/aromatic N) is 1. The van der Waals surface area contributed by atoms with E-state index in [1.54, 1.807) is 0 Å². The van der Waals surface area contributed by atoms with Gasteiger partial charge < -0.3 is 10.7 Å². The van der Waals surface area contributed by atoms with Crippen LogP contribution in [0, 0.1) is 5.41 Å². The van der Waals surface area contributed by atoms with Gasteiger partial charge in [-0.3, -0.25) is 5.41 Å². The van der Waals surface area contributed by atoms with E-state index >= 15 is 0 Å². The Morgan fingerprint density at radius 3 is 2.83 bits per heavy atom. The van der Waals surface area contributed by atoms with Crippen molar-refractivity contribution in [1.29, 1.82) is 5.41 Å². The number of imidazole rings is 1. The molecule has 7 nitrogen and oxygen atoms in total. The van der Waals surface area contributed by atoms with Gasteiger partial charge in [0.1, 0.15) is 5.82 Å². The summed E-state index contributed by atoms with van der Waals surface area (Å²) in [4.78, 5) is 6.70. The minimum absolute atomic E-state index is 0.0888. The van der Waals surface area contributed by atoms with Gasteiger partial charge in [-0.2, -0.15) is 0 Å². The first kappa shape index (κ1) is 14.7. The average Bonchev–Trinajstić information content (AvgIpc) is 2.77. The number of hydrogen-bond donors (Lipinski definition) is 4. The fourth-order valence-corrected chi connectivity index (χ4v) is 2.40. The fraction of sp³-hybridized carbons (Fsp3) is 0.600. The van der Waals surface area contributed by atoms with Gasteiger partial charge >= 0.3 is 0 Å². The molecule has 1 aromatic rings. The van der Waals surface area contributed by atoms with Crippen LogP contribution in [0.15, 0.2) is 11.2 Å². The van der Waals surface area contributed by atoms with Crippen LogP contribution in [0.3, 0.4) is 0 Å². The van der Waals surface area contributed by atoms with Gasteiger partial charge in [0, 0.05) is 19.4 Å². The predicted molar refractivity (Wildman–Crippen MR) is 68.9 cm³/mol. The molecule has 1 aromatic heterocycles. The van der Waals surface area contributed by atoms with Gasteiger partial charge in [-0.25, -0.2) is 18.1 Å². The highest BCUT2D eigenvalue weighted by Crippen LogP contribution is 2.06. The maximum absolute atomic E-state index is 11.8. The lowest BCUT2D eigenvalue weighted by atomic mass is 10.2. The van der Waals surface area contributed by atoms with Crippen LogP contribution in [0.25, 0.3) is 0 Å². The van der Waals surface area contributed by atoms with Crippen LogP contribution in [0.5, 0.6) is 0 Å². The topological polar surface area (TPSA) is 125 Å². The van der Waals surface area contributed by atoms with E-state index in [2.05, 4.69) is 14.7 Å². The molecule has 102 valence electrons. The van der Waals surface area contributed by atoms with Gasteiger partial charge in [-0.1, -0.05) is 6.92 Å². The summed E-state index contributed by atoms with van der Waals surface area (Å²) in [7, 11) is -3.50. The zero-order valence-electron chi connectivity index (χ0n) is 10.4. The van der Waals surface area contributed by atoms with E-state index in [0.717, 1.165) is 0 Å².